The molecular weight excluding hydrogens is 296 g/mol. The Morgan fingerprint density at radius 3 is 2.52 bits per heavy atom. The van der Waals surface area contributed by atoms with Crippen LogP contribution in [0.2, 0.25) is 0 Å². The molecule has 0 radical (unpaired) electrons. The maximum Gasteiger partial charge on any atom is 0.410 e. The zero-order valence-electron chi connectivity index (χ0n) is 14.2. The molecule has 128 valence electrons. The maximum atomic E-state index is 12.0. The van der Waals surface area contributed by atoms with E-state index in [1.165, 1.54) is 0 Å². The first-order valence-corrected chi connectivity index (χ1v) is 7.81. The lowest BCUT2D eigenvalue weighted by Crippen LogP contribution is -2.39. The molecular formula is C17H26N2O4. The van der Waals surface area contributed by atoms with Crippen molar-refractivity contribution in [2.75, 3.05) is 20.2 Å². The van der Waals surface area contributed by atoms with E-state index in [9.17, 15) is 9.90 Å². The van der Waals surface area contributed by atoms with Gasteiger partial charge in [0, 0.05) is 13.1 Å². The lowest BCUT2D eigenvalue weighted by molar-refractivity contribution is 0.0270. The number of carbonyl (C=O) groups is 1. The van der Waals surface area contributed by atoms with Gasteiger partial charge in [-0.2, -0.15) is 0 Å². The zero-order valence-corrected chi connectivity index (χ0v) is 14.2. The van der Waals surface area contributed by atoms with E-state index in [0.29, 0.717) is 13.1 Å². The van der Waals surface area contributed by atoms with E-state index in [4.69, 9.17) is 9.47 Å². The number of amides is 1. The Hall–Kier alpha value is -1.79. The number of benzene rings is 1. The van der Waals surface area contributed by atoms with Gasteiger partial charge in [-0.15, -0.1) is 0 Å². The molecule has 1 aliphatic heterocycles. The molecule has 0 unspecified atom stereocenters. The van der Waals surface area contributed by atoms with Gasteiger partial charge in [0.15, 0.2) is 0 Å². The lowest BCUT2D eigenvalue weighted by Gasteiger charge is -2.24. The predicted octanol–water partition coefficient (Wildman–Crippen LogP) is 1.76. The molecule has 0 aliphatic carbocycles. The van der Waals surface area contributed by atoms with Crippen LogP contribution in [0.4, 0.5) is 4.79 Å². The first kappa shape index (κ1) is 17.6. The predicted molar refractivity (Wildman–Crippen MR) is 87.4 cm³/mol. The SMILES string of the molecule is COc1ccc(CN[C@@H]2CN(C(=O)OC(C)(C)C)C[C@H]2O)cc1. The number of rotatable bonds is 4. The number of likely N-dealkylation sites (tertiary alicyclic amines) is 1. The number of hydrogen-bond donors (Lipinski definition) is 2. The number of β-amino-alcohol motifs (C(OH)–C–C–N with tert-alkyl or cyclic N) is 1. The topological polar surface area (TPSA) is 71.0 Å². The number of nitrogens with one attached hydrogen (secondary N) is 1. The molecule has 0 saturated carbocycles. The van der Waals surface area contributed by atoms with Gasteiger partial charge in [-0.05, 0) is 38.5 Å². The number of hydrogen-bond acceptors (Lipinski definition) is 5. The summed E-state index contributed by atoms with van der Waals surface area (Å²) in [5.74, 6) is 0.811. The number of ether oxygens (including phenoxy) is 2. The molecule has 0 spiro atoms. The number of carbonyl (C=O) groups excluding carboxylic acids is 1. The maximum absolute atomic E-state index is 12.0. The fourth-order valence-electron chi connectivity index (χ4n) is 2.46. The highest BCUT2D eigenvalue weighted by atomic mass is 16.6. The molecule has 2 atom stereocenters. The average molecular weight is 322 g/mol. The van der Waals surface area contributed by atoms with Crippen molar-refractivity contribution in [1.29, 1.82) is 0 Å². The largest absolute Gasteiger partial charge is 0.497 e. The third-order valence-corrected chi connectivity index (χ3v) is 3.67. The van der Waals surface area contributed by atoms with Crippen molar-refractivity contribution in [1.82, 2.24) is 10.2 Å². The molecule has 1 fully saturated rings. The monoisotopic (exact) mass is 322 g/mol. The number of methoxy groups -OCH3 is 1. The molecule has 23 heavy (non-hydrogen) atoms. The normalized spacial score (nSPS) is 21.3. The number of nitrogens with zero attached hydrogens (tertiary/aromatic N) is 1. The fraction of sp³-hybridized carbons (Fsp3) is 0.588. The quantitative estimate of drug-likeness (QED) is 0.884. The smallest absolute Gasteiger partial charge is 0.410 e. The summed E-state index contributed by atoms with van der Waals surface area (Å²) in [5.41, 5.74) is 0.560. The second-order valence-corrected chi connectivity index (χ2v) is 6.79. The van der Waals surface area contributed by atoms with Gasteiger partial charge >= 0.3 is 6.09 Å². The average Bonchev–Trinajstić information content (AvgIpc) is 2.85. The molecule has 2 N–H and O–H groups in total. The number of aliphatic hydroxyl groups is 1. The molecule has 1 aromatic carbocycles. The Kier molecular flexibility index (Phi) is 5.49. The van der Waals surface area contributed by atoms with Crippen LogP contribution in [-0.2, 0) is 11.3 Å². The molecule has 0 bridgehead atoms. The van der Waals surface area contributed by atoms with E-state index in [-0.39, 0.29) is 18.7 Å². The zero-order chi connectivity index (χ0) is 17.0. The Bertz CT molecular complexity index is 524. The molecule has 6 nitrogen and oxygen atoms in total. The Morgan fingerprint density at radius 2 is 1.96 bits per heavy atom. The fourth-order valence-corrected chi connectivity index (χ4v) is 2.46. The summed E-state index contributed by atoms with van der Waals surface area (Å²) in [7, 11) is 1.63. The minimum Gasteiger partial charge on any atom is -0.497 e. The van der Waals surface area contributed by atoms with Crippen LogP contribution in [0.25, 0.3) is 0 Å². The number of aliphatic hydroxyl groups excluding tert-OH is 1. The molecule has 6 heteroatoms. The second kappa shape index (κ2) is 7.19. The molecule has 1 aliphatic rings. The van der Waals surface area contributed by atoms with Gasteiger partial charge in [0.25, 0.3) is 0 Å². The van der Waals surface area contributed by atoms with Crippen molar-refractivity contribution in [3.63, 3.8) is 0 Å². The molecule has 1 heterocycles. The standard InChI is InChI=1S/C17H26N2O4/c1-17(2,3)23-16(21)19-10-14(15(20)11-19)18-9-12-5-7-13(22-4)8-6-12/h5-8,14-15,18,20H,9-11H2,1-4H3/t14-,15-/m1/s1. The summed E-state index contributed by atoms with van der Waals surface area (Å²) in [4.78, 5) is 13.6. The summed E-state index contributed by atoms with van der Waals surface area (Å²) in [6.45, 7) is 6.83. The van der Waals surface area contributed by atoms with Crippen LogP contribution in [0.3, 0.4) is 0 Å². The first-order valence-electron chi connectivity index (χ1n) is 7.81. The van der Waals surface area contributed by atoms with Crippen LogP contribution in [0.1, 0.15) is 26.3 Å². The third-order valence-electron chi connectivity index (χ3n) is 3.67. The summed E-state index contributed by atoms with van der Waals surface area (Å²) >= 11 is 0. The van der Waals surface area contributed by atoms with Crippen molar-refractivity contribution < 1.29 is 19.4 Å². The van der Waals surface area contributed by atoms with E-state index >= 15 is 0 Å². The van der Waals surface area contributed by atoms with Gasteiger partial charge in [0.05, 0.1) is 25.8 Å². The van der Waals surface area contributed by atoms with Crippen molar-refractivity contribution in [2.24, 2.45) is 0 Å². The molecule has 1 aromatic rings. The van der Waals surface area contributed by atoms with Crippen molar-refractivity contribution in [3.05, 3.63) is 29.8 Å². The molecule has 0 aromatic heterocycles. The van der Waals surface area contributed by atoms with E-state index in [1.807, 2.05) is 45.0 Å². The van der Waals surface area contributed by atoms with Crippen LogP contribution in [0.15, 0.2) is 24.3 Å². The summed E-state index contributed by atoms with van der Waals surface area (Å²) < 4.78 is 10.5. The Morgan fingerprint density at radius 1 is 1.30 bits per heavy atom. The van der Waals surface area contributed by atoms with Gasteiger partial charge < -0.3 is 24.8 Å². The van der Waals surface area contributed by atoms with Crippen molar-refractivity contribution in [2.45, 2.75) is 45.1 Å². The van der Waals surface area contributed by atoms with Crippen LogP contribution >= 0.6 is 0 Å². The Labute approximate surface area is 137 Å². The van der Waals surface area contributed by atoms with Gasteiger partial charge in [0.1, 0.15) is 11.4 Å². The Balaban J connectivity index is 1.85. The first-order chi connectivity index (χ1) is 10.8. The summed E-state index contributed by atoms with van der Waals surface area (Å²) in [5, 5.41) is 13.4. The van der Waals surface area contributed by atoms with Gasteiger partial charge in [-0.25, -0.2) is 4.79 Å². The third kappa shape index (κ3) is 5.11. The van der Waals surface area contributed by atoms with E-state index in [1.54, 1.807) is 12.0 Å². The minimum absolute atomic E-state index is 0.162. The highest BCUT2D eigenvalue weighted by Crippen LogP contribution is 2.17. The summed E-state index contributed by atoms with van der Waals surface area (Å²) in [6, 6.07) is 7.58. The highest BCUT2D eigenvalue weighted by Gasteiger charge is 2.35. The lowest BCUT2D eigenvalue weighted by atomic mass is 10.1. The molecule has 1 amide bonds. The summed E-state index contributed by atoms with van der Waals surface area (Å²) in [6.07, 6.45) is -0.980. The minimum atomic E-state index is -0.597. The molecule has 2 rings (SSSR count). The van der Waals surface area contributed by atoms with Crippen LogP contribution in [0.5, 0.6) is 5.75 Å². The molecule has 1 saturated heterocycles. The van der Waals surface area contributed by atoms with Crippen LogP contribution < -0.4 is 10.1 Å². The van der Waals surface area contributed by atoms with Gasteiger partial charge in [-0.1, -0.05) is 12.1 Å². The van der Waals surface area contributed by atoms with Gasteiger partial charge in [0.2, 0.25) is 0 Å². The van der Waals surface area contributed by atoms with Crippen LogP contribution in [-0.4, -0.2) is 54.0 Å². The van der Waals surface area contributed by atoms with Gasteiger partial charge in [-0.3, -0.25) is 0 Å². The highest BCUT2D eigenvalue weighted by molar-refractivity contribution is 5.68. The van der Waals surface area contributed by atoms with Crippen molar-refractivity contribution in [3.8, 4) is 5.75 Å². The van der Waals surface area contributed by atoms with E-state index < -0.39 is 11.7 Å². The van der Waals surface area contributed by atoms with Crippen LogP contribution in [0, 0.1) is 0 Å². The van der Waals surface area contributed by atoms with E-state index in [0.717, 1.165) is 11.3 Å². The second-order valence-electron chi connectivity index (χ2n) is 6.79. The van der Waals surface area contributed by atoms with E-state index in [2.05, 4.69) is 5.32 Å². The van der Waals surface area contributed by atoms with Crippen molar-refractivity contribution >= 4 is 6.09 Å².